The number of nitrogen functional groups attached to an aromatic ring is 1. The largest absolute Gasteiger partial charge is 0.383 e. The van der Waals surface area contributed by atoms with Crippen molar-refractivity contribution in [2.75, 3.05) is 17.6 Å². The van der Waals surface area contributed by atoms with Crippen LogP contribution in [0, 0.1) is 5.82 Å². The Hall–Kier alpha value is -3.58. The number of anilines is 2. The summed E-state index contributed by atoms with van der Waals surface area (Å²) in [4.78, 5) is 20.6. The molecule has 0 atom stereocenters. The van der Waals surface area contributed by atoms with Gasteiger partial charge in [-0.2, -0.15) is 0 Å². The van der Waals surface area contributed by atoms with E-state index in [0.29, 0.717) is 24.3 Å². The van der Waals surface area contributed by atoms with Gasteiger partial charge in [0, 0.05) is 24.4 Å². The molecule has 3 rings (SSSR count). The van der Waals surface area contributed by atoms with Crippen molar-refractivity contribution in [1.29, 1.82) is 0 Å². The Morgan fingerprint density at radius 1 is 1.00 bits per heavy atom. The van der Waals surface area contributed by atoms with Crippen LogP contribution in [0.15, 0.2) is 60.9 Å². The quantitative estimate of drug-likeness (QED) is 0.450. The van der Waals surface area contributed by atoms with Crippen molar-refractivity contribution in [1.82, 2.24) is 9.97 Å². The number of carbonyl (C=O) groups excluding carboxylic acids is 1. The molecule has 160 valence electrons. The Labute approximate surface area is 181 Å². The first-order chi connectivity index (χ1) is 15.1. The molecule has 7 heteroatoms. The van der Waals surface area contributed by atoms with Crippen molar-refractivity contribution in [3.63, 3.8) is 0 Å². The summed E-state index contributed by atoms with van der Waals surface area (Å²) in [6.07, 6.45) is 8.32. The van der Waals surface area contributed by atoms with E-state index in [9.17, 15) is 9.18 Å². The number of unbranched alkanes of at least 4 members (excludes halogenated alkanes) is 2. The molecule has 1 amide bonds. The number of carbonyl (C=O) groups is 1. The van der Waals surface area contributed by atoms with Crippen LogP contribution in [0.4, 0.5) is 16.0 Å². The van der Waals surface area contributed by atoms with Gasteiger partial charge < -0.3 is 16.8 Å². The van der Waals surface area contributed by atoms with Crippen LogP contribution in [0.3, 0.4) is 0 Å². The van der Waals surface area contributed by atoms with Crippen LogP contribution in [0.2, 0.25) is 0 Å². The molecule has 5 N–H and O–H groups in total. The first-order valence-corrected chi connectivity index (χ1v) is 10.2. The first kappa shape index (κ1) is 22.1. The molecule has 0 unspecified atom stereocenters. The molecular weight excluding hydrogens is 393 g/mol. The minimum absolute atomic E-state index is 0.104. The number of hydrogen-bond acceptors (Lipinski definition) is 5. The zero-order valence-corrected chi connectivity index (χ0v) is 17.2. The minimum atomic E-state index is -0.299. The lowest BCUT2D eigenvalue weighted by Crippen LogP contribution is -2.13. The number of amides is 1. The Bertz CT molecular complexity index is 1040. The number of rotatable bonds is 9. The molecular formula is C24H26FN5O. The normalized spacial score (nSPS) is 11.4. The lowest BCUT2D eigenvalue weighted by Gasteiger charge is -2.13. The molecule has 0 aliphatic rings. The number of halogens is 1. The number of hydrogen-bond donors (Lipinski definition) is 3. The Balaban J connectivity index is 1.85. The molecule has 0 aliphatic heterocycles. The fraction of sp³-hybridized carbons (Fsp3) is 0.208. The van der Waals surface area contributed by atoms with Crippen molar-refractivity contribution in [2.24, 2.45) is 5.73 Å². The van der Waals surface area contributed by atoms with Crippen LogP contribution in [-0.2, 0) is 4.79 Å². The molecule has 31 heavy (non-hydrogen) atoms. The maximum absolute atomic E-state index is 13.3. The van der Waals surface area contributed by atoms with Gasteiger partial charge >= 0.3 is 0 Å². The maximum atomic E-state index is 13.3. The van der Waals surface area contributed by atoms with E-state index in [1.165, 1.54) is 12.1 Å². The molecule has 0 radical (unpaired) electrons. The van der Waals surface area contributed by atoms with Gasteiger partial charge in [-0.3, -0.25) is 9.78 Å². The highest BCUT2D eigenvalue weighted by Crippen LogP contribution is 2.30. The predicted molar refractivity (Wildman–Crippen MR) is 122 cm³/mol. The Morgan fingerprint density at radius 2 is 1.74 bits per heavy atom. The molecule has 0 fully saturated rings. The summed E-state index contributed by atoms with van der Waals surface area (Å²) in [6, 6.07) is 13.5. The van der Waals surface area contributed by atoms with E-state index in [1.54, 1.807) is 30.6 Å². The first-order valence-electron chi connectivity index (χ1n) is 10.2. The van der Waals surface area contributed by atoms with E-state index in [2.05, 4.69) is 15.3 Å². The van der Waals surface area contributed by atoms with Gasteiger partial charge in [0.2, 0.25) is 5.91 Å². The number of benzene rings is 1. The fourth-order valence-electron chi connectivity index (χ4n) is 3.16. The smallest absolute Gasteiger partial charge is 0.225 e. The second-order valence-electron chi connectivity index (χ2n) is 7.12. The molecule has 0 spiro atoms. The summed E-state index contributed by atoms with van der Waals surface area (Å²) >= 11 is 0. The summed E-state index contributed by atoms with van der Waals surface area (Å²) in [5.74, 6) is 0.284. The average molecular weight is 420 g/mol. The second-order valence-corrected chi connectivity index (χ2v) is 7.12. The topological polar surface area (TPSA) is 107 Å². The van der Waals surface area contributed by atoms with E-state index < -0.39 is 0 Å². The summed E-state index contributed by atoms with van der Waals surface area (Å²) in [5.41, 5.74) is 15.0. The van der Waals surface area contributed by atoms with Crippen LogP contribution in [0.1, 0.15) is 42.4 Å². The molecule has 2 heterocycles. The molecule has 1 aromatic carbocycles. The number of nitrogens with one attached hydrogen (secondary N) is 1. The molecule has 0 bridgehead atoms. The van der Waals surface area contributed by atoms with Gasteiger partial charge in [0.25, 0.3) is 0 Å². The van der Waals surface area contributed by atoms with Gasteiger partial charge in [-0.1, -0.05) is 18.6 Å². The fourth-order valence-corrected chi connectivity index (χ4v) is 3.16. The van der Waals surface area contributed by atoms with E-state index in [-0.39, 0.29) is 17.5 Å². The van der Waals surface area contributed by atoms with Crippen molar-refractivity contribution in [3.05, 3.63) is 83.4 Å². The lowest BCUT2D eigenvalue weighted by molar-refractivity contribution is -0.116. The third kappa shape index (κ3) is 6.45. The van der Waals surface area contributed by atoms with Crippen LogP contribution < -0.4 is 16.8 Å². The number of nitrogens with zero attached hydrogens (tertiary/aromatic N) is 2. The van der Waals surface area contributed by atoms with E-state index in [4.69, 9.17) is 11.5 Å². The molecule has 3 aromatic rings. The average Bonchev–Trinajstić information content (AvgIpc) is 2.77. The molecule has 6 nitrogen and oxygen atoms in total. The Morgan fingerprint density at radius 3 is 2.42 bits per heavy atom. The predicted octanol–water partition coefficient (Wildman–Crippen LogP) is 4.24. The minimum Gasteiger partial charge on any atom is -0.383 e. The van der Waals surface area contributed by atoms with E-state index in [1.807, 2.05) is 24.3 Å². The summed E-state index contributed by atoms with van der Waals surface area (Å²) in [7, 11) is 0. The van der Waals surface area contributed by atoms with Crippen LogP contribution in [-0.4, -0.2) is 22.4 Å². The molecule has 2 aromatic heterocycles. The zero-order chi connectivity index (χ0) is 22.1. The van der Waals surface area contributed by atoms with Crippen LogP contribution in [0.5, 0.6) is 0 Å². The number of pyridine rings is 2. The summed E-state index contributed by atoms with van der Waals surface area (Å²) < 4.78 is 13.3. The molecule has 0 saturated carbocycles. The van der Waals surface area contributed by atoms with E-state index >= 15 is 0 Å². The van der Waals surface area contributed by atoms with Gasteiger partial charge in [-0.15, -0.1) is 0 Å². The monoisotopic (exact) mass is 419 g/mol. The standard InChI is InChI=1S/C24H26FN5O/c25-19-7-5-17(6-8-19)16-21(18-11-14-28-15-12-18)20-9-10-22(30-24(20)27)29-23(31)4-2-1-3-13-26/h5-12,14-16H,1-4,13,26H2,(H3,27,29,30,31)/b21-16+. The second kappa shape index (κ2) is 11.0. The number of aromatic nitrogens is 2. The molecule has 0 aliphatic carbocycles. The van der Waals surface area contributed by atoms with Gasteiger partial charge in [0.15, 0.2) is 0 Å². The van der Waals surface area contributed by atoms with Crippen molar-refractivity contribution in [2.45, 2.75) is 25.7 Å². The zero-order valence-electron chi connectivity index (χ0n) is 17.2. The third-order valence-electron chi connectivity index (χ3n) is 4.76. The van der Waals surface area contributed by atoms with Crippen molar-refractivity contribution in [3.8, 4) is 0 Å². The van der Waals surface area contributed by atoms with Gasteiger partial charge in [0.05, 0.1) is 0 Å². The van der Waals surface area contributed by atoms with Crippen LogP contribution >= 0.6 is 0 Å². The van der Waals surface area contributed by atoms with Gasteiger partial charge in [-0.25, -0.2) is 9.37 Å². The SMILES string of the molecule is NCCCCCC(=O)Nc1ccc(/C(=C/c2ccc(F)cc2)c2ccncc2)c(N)n1. The highest BCUT2D eigenvalue weighted by atomic mass is 19.1. The summed E-state index contributed by atoms with van der Waals surface area (Å²) in [5, 5.41) is 2.79. The van der Waals surface area contributed by atoms with Crippen molar-refractivity contribution >= 4 is 29.2 Å². The maximum Gasteiger partial charge on any atom is 0.225 e. The van der Waals surface area contributed by atoms with Gasteiger partial charge in [0.1, 0.15) is 17.5 Å². The van der Waals surface area contributed by atoms with E-state index in [0.717, 1.165) is 36.0 Å². The number of nitrogens with two attached hydrogens (primary N) is 2. The van der Waals surface area contributed by atoms with Crippen LogP contribution in [0.25, 0.3) is 11.6 Å². The van der Waals surface area contributed by atoms with Gasteiger partial charge in [-0.05, 0) is 78.6 Å². The lowest BCUT2D eigenvalue weighted by atomic mass is 9.96. The summed E-state index contributed by atoms with van der Waals surface area (Å²) in [6.45, 7) is 0.631. The Kier molecular flexibility index (Phi) is 7.84. The molecule has 0 saturated heterocycles. The highest BCUT2D eigenvalue weighted by molar-refractivity contribution is 5.95. The highest BCUT2D eigenvalue weighted by Gasteiger charge is 2.12. The van der Waals surface area contributed by atoms with Crippen molar-refractivity contribution < 1.29 is 9.18 Å². The third-order valence-corrected chi connectivity index (χ3v) is 4.76.